The lowest BCUT2D eigenvalue weighted by Crippen LogP contribution is -2.14. The van der Waals surface area contributed by atoms with Gasteiger partial charge in [-0.1, -0.05) is 153 Å². The average Bonchev–Trinajstić information content (AvgIpc) is 3.77. The molecule has 3 heteroatoms. The summed E-state index contributed by atoms with van der Waals surface area (Å²) in [6.07, 6.45) is 0. The zero-order valence-corrected chi connectivity index (χ0v) is 32.3. The lowest BCUT2D eigenvalue weighted by Gasteiger charge is -2.22. The first-order valence-electron chi connectivity index (χ1n) is 19.9. The minimum absolute atomic E-state index is 0.0728. The molecule has 11 rings (SSSR count). The lowest BCUT2D eigenvalue weighted by molar-refractivity contribution is 0.660. The van der Waals surface area contributed by atoms with Crippen molar-refractivity contribution in [1.29, 1.82) is 0 Å². The van der Waals surface area contributed by atoms with E-state index < -0.39 is 0 Å². The molecule has 274 valence electrons. The number of para-hydroxylation sites is 1. The van der Waals surface area contributed by atoms with E-state index in [9.17, 15) is 0 Å². The van der Waals surface area contributed by atoms with E-state index in [2.05, 4.69) is 178 Å². The van der Waals surface area contributed by atoms with Gasteiger partial charge in [-0.25, -0.2) is 9.97 Å². The lowest BCUT2D eigenvalue weighted by atomic mass is 9.81. The number of aromatic nitrogens is 2. The SMILES string of the molecule is CC1(C)c2ccccc2-c2ccc(-c3cccc(-c4cc(-c5cc(-c6ccccc6)cc(-c6ccc7c(c6)oc6ccccc67)c5)nc(-c5ccccc5)n4)c3)cc21. The Bertz CT molecular complexity index is 3190. The molecule has 0 unspecified atom stereocenters. The smallest absolute Gasteiger partial charge is 0.160 e. The zero-order valence-electron chi connectivity index (χ0n) is 32.3. The molecule has 10 aromatic rings. The summed E-state index contributed by atoms with van der Waals surface area (Å²) < 4.78 is 6.34. The van der Waals surface area contributed by atoms with Gasteiger partial charge in [-0.2, -0.15) is 0 Å². The van der Waals surface area contributed by atoms with Gasteiger partial charge in [0.2, 0.25) is 0 Å². The predicted octanol–water partition coefficient (Wildman–Crippen LogP) is 14.7. The van der Waals surface area contributed by atoms with Crippen LogP contribution in [0.15, 0.2) is 199 Å². The summed E-state index contributed by atoms with van der Waals surface area (Å²) in [6.45, 7) is 4.67. The van der Waals surface area contributed by atoms with E-state index in [1.165, 1.54) is 27.8 Å². The van der Waals surface area contributed by atoms with Crippen LogP contribution in [0, 0.1) is 0 Å². The summed E-state index contributed by atoms with van der Waals surface area (Å²) in [6, 6.07) is 69.0. The maximum absolute atomic E-state index is 6.34. The molecule has 1 aliphatic carbocycles. The molecule has 58 heavy (non-hydrogen) atoms. The van der Waals surface area contributed by atoms with Gasteiger partial charge in [0.15, 0.2) is 5.82 Å². The summed E-state index contributed by atoms with van der Waals surface area (Å²) in [4.78, 5) is 10.5. The average molecular weight is 743 g/mol. The molecular formula is C55H38N2O. The summed E-state index contributed by atoms with van der Waals surface area (Å²) in [5.41, 5.74) is 18.6. The van der Waals surface area contributed by atoms with Crippen LogP contribution >= 0.6 is 0 Å². The molecule has 0 spiro atoms. The van der Waals surface area contributed by atoms with Crippen molar-refractivity contribution >= 4 is 21.9 Å². The van der Waals surface area contributed by atoms with Crippen molar-refractivity contribution in [3.63, 3.8) is 0 Å². The molecule has 8 aromatic carbocycles. The zero-order chi connectivity index (χ0) is 38.8. The molecule has 0 saturated carbocycles. The highest BCUT2D eigenvalue weighted by atomic mass is 16.3. The van der Waals surface area contributed by atoms with Gasteiger partial charge in [0, 0.05) is 32.9 Å². The van der Waals surface area contributed by atoms with Crippen molar-refractivity contribution in [1.82, 2.24) is 9.97 Å². The standard InChI is InChI=1S/C55H38N2O/c1-55(2)48-22-11-9-20-44(48)45-26-24-38(32-49(45)55)37-18-13-19-40(28-37)50-34-51(57-54(56-50)36-16-7-4-8-17-36)43-30-41(35-14-5-3-6-15-35)29-42(31-43)39-25-27-47-46-21-10-12-23-52(46)58-53(47)33-39/h3-34H,1-2H3. The van der Waals surface area contributed by atoms with E-state index >= 15 is 0 Å². The normalized spacial score (nSPS) is 12.8. The monoisotopic (exact) mass is 742 g/mol. The Kier molecular flexibility index (Phi) is 7.84. The largest absolute Gasteiger partial charge is 0.456 e. The molecule has 0 aliphatic heterocycles. The van der Waals surface area contributed by atoms with Gasteiger partial charge in [-0.15, -0.1) is 0 Å². The van der Waals surface area contributed by atoms with Crippen LogP contribution in [0.3, 0.4) is 0 Å². The van der Waals surface area contributed by atoms with Crippen molar-refractivity contribution in [3.8, 4) is 78.4 Å². The highest BCUT2D eigenvalue weighted by Gasteiger charge is 2.35. The minimum atomic E-state index is -0.0728. The van der Waals surface area contributed by atoms with Crippen LogP contribution in [-0.2, 0) is 5.41 Å². The van der Waals surface area contributed by atoms with E-state index in [0.717, 1.165) is 77.8 Å². The van der Waals surface area contributed by atoms with E-state index in [1.807, 2.05) is 30.3 Å². The minimum Gasteiger partial charge on any atom is -0.456 e. The molecular weight excluding hydrogens is 705 g/mol. The third kappa shape index (κ3) is 5.74. The first kappa shape index (κ1) is 33.9. The number of hydrogen-bond acceptors (Lipinski definition) is 3. The van der Waals surface area contributed by atoms with Crippen LogP contribution in [0.4, 0.5) is 0 Å². The number of benzene rings is 8. The predicted molar refractivity (Wildman–Crippen MR) is 239 cm³/mol. The Labute approximate surface area is 338 Å². The van der Waals surface area contributed by atoms with E-state index in [1.54, 1.807) is 0 Å². The van der Waals surface area contributed by atoms with Gasteiger partial charge in [0.05, 0.1) is 11.4 Å². The second-order valence-electron chi connectivity index (χ2n) is 15.8. The number of nitrogens with zero attached hydrogens (tertiary/aromatic N) is 2. The van der Waals surface area contributed by atoms with Gasteiger partial charge in [-0.3, -0.25) is 0 Å². The third-order valence-electron chi connectivity index (χ3n) is 11.9. The summed E-state index contributed by atoms with van der Waals surface area (Å²) in [7, 11) is 0. The Morgan fingerprint density at radius 1 is 0.345 bits per heavy atom. The number of hydrogen-bond donors (Lipinski definition) is 0. The molecule has 0 amide bonds. The van der Waals surface area contributed by atoms with Gasteiger partial charge in [-0.05, 0) is 110 Å². The van der Waals surface area contributed by atoms with Crippen molar-refractivity contribution in [2.45, 2.75) is 19.3 Å². The molecule has 0 atom stereocenters. The molecule has 0 N–H and O–H groups in total. The number of rotatable bonds is 6. The van der Waals surface area contributed by atoms with Crippen LogP contribution in [0.25, 0.3) is 100 Å². The summed E-state index contributed by atoms with van der Waals surface area (Å²) >= 11 is 0. The van der Waals surface area contributed by atoms with Crippen LogP contribution in [0.2, 0.25) is 0 Å². The number of furan rings is 1. The molecule has 3 nitrogen and oxygen atoms in total. The molecule has 0 bridgehead atoms. The van der Waals surface area contributed by atoms with Gasteiger partial charge in [0.25, 0.3) is 0 Å². The molecule has 2 aromatic heterocycles. The quantitative estimate of drug-likeness (QED) is 0.170. The van der Waals surface area contributed by atoms with Crippen LogP contribution in [0.1, 0.15) is 25.0 Å². The molecule has 2 heterocycles. The highest BCUT2D eigenvalue weighted by molar-refractivity contribution is 6.06. The van der Waals surface area contributed by atoms with E-state index in [4.69, 9.17) is 14.4 Å². The van der Waals surface area contributed by atoms with E-state index in [0.29, 0.717) is 5.82 Å². The maximum atomic E-state index is 6.34. The Hall–Kier alpha value is -7.36. The van der Waals surface area contributed by atoms with Crippen molar-refractivity contribution in [3.05, 3.63) is 205 Å². The van der Waals surface area contributed by atoms with Crippen LogP contribution < -0.4 is 0 Å². The molecule has 0 fully saturated rings. The van der Waals surface area contributed by atoms with Crippen molar-refractivity contribution < 1.29 is 4.42 Å². The molecule has 0 radical (unpaired) electrons. The van der Waals surface area contributed by atoms with Gasteiger partial charge >= 0.3 is 0 Å². The van der Waals surface area contributed by atoms with Gasteiger partial charge < -0.3 is 4.42 Å². The Morgan fingerprint density at radius 3 is 1.72 bits per heavy atom. The van der Waals surface area contributed by atoms with E-state index in [-0.39, 0.29) is 5.41 Å². The van der Waals surface area contributed by atoms with Gasteiger partial charge in [0.1, 0.15) is 11.2 Å². The topological polar surface area (TPSA) is 38.9 Å². The fourth-order valence-corrected chi connectivity index (χ4v) is 8.85. The number of fused-ring (bicyclic) bond motifs is 6. The molecule has 1 aliphatic rings. The maximum Gasteiger partial charge on any atom is 0.160 e. The first-order chi connectivity index (χ1) is 28.5. The second-order valence-corrected chi connectivity index (χ2v) is 15.8. The Morgan fingerprint density at radius 2 is 0.897 bits per heavy atom. The van der Waals surface area contributed by atoms with Crippen molar-refractivity contribution in [2.75, 3.05) is 0 Å². The van der Waals surface area contributed by atoms with Crippen molar-refractivity contribution in [2.24, 2.45) is 0 Å². The third-order valence-corrected chi connectivity index (χ3v) is 11.9. The molecule has 0 saturated heterocycles. The fraction of sp³-hybridized carbons (Fsp3) is 0.0545. The summed E-state index contributed by atoms with van der Waals surface area (Å²) in [5, 5.41) is 2.24. The van der Waals surface area contributed by atoms with Crippen LogP contribution in [-0.4, -0.2) is 9.97 Å². The van der Waals surface area contributed by atoms with Crippen LogP contribution in [0.5, 0.6) is 0 Å². The first-order valence-corrected chi connectivity index (χ1v) is 19.9. The highest BCUT2D eigenvalue weighted by Crippen LogP contribution is 2.49. The summed E-state index contributed by atoms with van der Waals surface area (Å²) in [5.74, 6) is 0.686. The fourth-order valence-electron chi connectivity index (χ4n) is 8.85. The second kappa shape index (κ2) is 13.4. The Balaban J connectivity index is 1.06.